The van der Waals surface area contributed by atoms with Gasteiger partial charge in [0.1, 0.15) is 5.75 Å². The fraction of sp³-hybridized carbons (Fsp3) is 0.462. The molecule has 1 aromatic carbocycles. The van der Waals surface area contributed by atoms with Gasteiger partial charge in [0.25, 0.3) is 0 Å². The van der Waals surface area contributed by atoms with E-state index in [1.165, 1.54) is 6.42 Å². The summed E-state index contributed by atoms with van der Waals surface area (Å²) in [4.78, 5) is 13.3. The van der Waals surface area contributed by atoms with E-state index in [0.717, 1.165) is 34.9 Å². The lowest BCUT2D eigenvalue weighted by atomic mass is 9.69. The number of ether oxygens (including phenoxy) is 1. The van der Waals surface area contributed by atoms with Gasteiger partial charge in [0.2, 0.25) is 5.91 Å². The molecule has 17 heavy (non-hydrogen) atoms. The summed E-state index contributed by atoms with van der Waals surface area (Å²) in [5.74, 6) is 1.93. The molecule has 1 saturated carbocycles. The number of nitrogens with one attached hydrogen (secondary N) is 1. The molecule has 0 radical (unpaired) electrons. The highest BCUT2D eigenvalue weighted by molar-refractivity contribution is 7.99. The molecular weight excluding hydrogens is 234 g/mol. The zero-order chi connectivity index (χ0) is 11.9. The van der Waals surface area contributed by atoms with Crippen LogP contribution in [0.25, 0.3) is 0 Å². The first-order valence-corrected chi connectivity index (χ1v) is 6.84. The number of methoxy groups -OCH3 is 1. The minimum absolute atomic E-state index is 0.114. The number of rotatable bonds is 1. The molecule has 1 aliphatic heterocycles. The van der Waals surface area contributed by atoms with Crippen LogP contribution in [0.3, 0.4) is 0 Å². The van der Waals surface area contributed by atoms with E-state index in [1.54, 1.807) is 18.9 Å². The van der Waals surface area contributed by atoms with E-state index in [0.29, 0.717) is 0 Å². The Balaban J connectivity index is 1.93. The predicted molar refractivity (Wildman–Crippen MR) is 68.6 cm³/mol. The molecule has 1 spiro atoms. The summed E-state index contributed by atoms with van der Waals surface area (Å²) >= 11 is 1.76. The van der Waals surface area contributed by atoms with Crippen molar-refractivity contribution < 1.29 is 9.53 Å². The number of benzene rings is 1. The lowest BCUT2D eigenvalue weighted by Gasteiger charge is -2.38. The van der Waals surface area contributed by atoms with Crippen LogP contribution in [-0.4, -0.2) is 18.8 Å². The predicted octanol–water partition coefficient (Wildman–Crippen LogP) is 2.91. The van der Waals surface area contributed by atoms with Crippen molar-refractivity contribution in [3.05, 3.63) is 18.2 Å². The second kappa shape index (κ2) is 3.95. The van der Waals surface area contributed by atoms with E-state index in [4.69, 9.17) is 4.74 Å². The monoisotopic (exact) mass is 249 g/mol. The third kappa shape index (κ3) is 1.71. The van der Waals surface area contributed by atoms with Crippen LogP contribution >= 0.6 is 11.8 Å². The maximum absolute atomic E-state index is 12.2. The molecule has 3 nitrogen and oxygen atoms in total. The van der Waals surface area contributed by atoms with Crippen LogP contribution in [0.4, 0.5) is 5.69 Å². The SMILES string of the molecule is COc1ccc2c(c1)SCC1(CCC1)C(=O)N2. The van der Waals surface area contributed by atoms with E-state index in [1.807, 2.05) is 18.2 Å². The Morgan fingerprint density at radius 3 is 2.88 bits per heavy atom. The molecule has 0 unspecified atom stereocenters. The molecule has 1 aliphatic carbocycles. The molecule has 3 rings (SSSR count). The fourth-order valence-corrected chi connectivity index (χ4v) is 3.69. The van der Waals surface area contributed by atoms with Crippen LogP contribution in [0.1, 0.15) is 19.3 Å². The van der Waals surface area contributed by atoms with Crippen LogP contribution < -0.4 is 10.1 Å². The number of carbonyl (C=O) groups is 1. The number of carbonyl (C=O) groups excluding carboxylic acids is 1. The maximum atomic E-state index is 12.2. The topological polar surface area (TPSA) is 38.3 Å². The lowest BCUT2D eigenvalue weighted by molar-refractivity contribution is -0.128. The summed E-state index contributed by atoms with van der Waals surface area (Å²) in [6.45, 7) is 0. The molecule has 4 heteroatoms. The van der Waals surface area contributed by atoms with Crippen molar-refractivity contribution in [1.82, 2.24) is 0 Å². The molecule has 0 atom stereocenters. The zero-order valence-corrected chi connectivity index (χ0v) is 10.6. The largest absolute Gasteiger partial charge is 0.497 e. The Labute approximate surface area is 105 Å². The average Bonchev–Trinajstić information content (AvgIpc) is 2.43. The first kappa shape index (κ1) is 11.0. The van der Waals surface area contributed by atoms with Gasteiger partial charge in [0.05, 0.1) is 18.2 Å². The summed E-state index contributed by atoms with van der Waals surface area (Å²) in [7, 11) is 1.66. The van der Waals surface area contributed by atoms with E-state index in [-0.39, 0.29) is 11.3 Å². The minimum atomic E-state index is -0.114. The molecule has 2 aliphatic rings. The normalized spacial score (nSPS) is 21.1. The second-order valence-electron chi connectivity index (χ2n) is 4.74. The Kier molecular flexibility index (Phi) is 2.54. The van der Waals surface area contributed by atoms with E-state index < -0.39 is 0 Å². The molecule has 1 fully saturated rings. The number of amides is 1. The molecule has 0 bridgehead atoms. The van der Waals surface area contributed by atoms with Gasteiger partial charge in [-0.2, -0.15) is 0 Å². The summed E-state index contributed by atoms with van der Waals surface area (Å²) < 4.78 is 5.21. The van der Waals surface area contributed by atoms with Crippen LogP contribution in [0.5, 0.6) is 5.75 Å². The first-order valence-electron chi connectivity index (χ1n) is 5.86. The van der Waals surface area contributed by atoms with Crippen molar-refractivity contribution in [3.8, 4) is 5.75 Å². The molecule has 0 saturated heterocycles. The first-order chi connectivity index (χ1) is 8.23. The molecule has 1 amide bonds. The molecule has 1 heterocycles. The van der Waals surface area contributed by atoms with Gasteiger partial charge in [-0.3, -0.25) is 4.79 Å². The molecule has 90 valence electrons. The highest BCUT2D eigenvalue weighted by Crippen LogP contribution is 2.49. The van der Waals surface area contributed by atoms with Gasteiger partial charge < -0.3 is 10.1 Å². The third-order valence-corrected chi connectivity index (χ3v) is 5.08. The molecule has 1 aromatic rings. The van der Waals surface area contributed by atoms with Crippen LogP contribution in [0.15, 0.2) is 23.1 Å². The van der Waals surface area contributed by atoms with Crippen LogP contribution in [0, 0.1) is 5.41 Å². The summed E-state index contributed by atoms with van der Waals surface area (Å²) in [5, 5.41) is 3.05. The van der Waals surface area contributed by atoms with Gasteiger partial charge >= 0.3 is 0 Å². The van der Waals surface area contributed by atoms with Crippen LogP contribution in [0.2, 0.25) is 0 Å². The smallest absolute Gasteiger partial charge is 0.231 e. The molecule has 1 N–H and O–H groups in total. The Hall–Kier alpha value is -1.16. The van der Waals surface area contributed by atoms with Crippen molar-refractivity contribution in [2.24, 2.45) is 5.41 Å². The average molecular weight is 249 g/mol. The minimum Gasteiger partial charge on any atom is -0.497 e. The number of fused-ring (bicyclic) bond motifs is 1. The van der Waals surface area contributed by atoms with Crippen molar-refractivity contribution in [3.63, 3.8) is 0 Å². The Morgan fingerprint density at radius 1 is 1.41 bits per heavy atom. The van der Waals surface area contributed by atoms with Gasteiger partial charge in [0.15, 0.2) is 0 Å². The number of hydrogen-bond donors (Lipinski definition) is 1. The van der Waals surface area contributed by atoms with Crippen molar-refractivity contribution in [2.45, 2.75) is 24.2 Å². The standard InChI is InChI=1S/C13H15NO2S/c1-16-9-3-4-10-11(7-9)17-8-13(5-2-6-13)12(15)14-10/h3-4,7H,2,5-6,8H2,1H3,(H,14,15). The van der Waals surface area contributed by atoms with Gasteiger partial charge in [-0.05, 0) is 31.0 Å². The summed E-state index contributed by atoms with van der Waals surface area (Å²) in [5.41, 5.74) is 0.807. The van der Waals surface area contributed by atoms with Crippen molar-refractivity contribution in [2.75, 3.05) is 18.2 Å². The van der Waals surface area contributed by atoms with E-state index in [2.05, 4.69) is 5.32 Å². The quantitative estimate of drug-likeness (QED) is 0.831. The Morgan fingerprint density at radius 2 is 2.24 bits per heavy atom. The maximum Gasteiger partial charge on any atom is 0.231 e. The third-order valence-electron chi connectivity index (χ3n) is 3.73. The van der Waals surface area contributed by atoms with Gasteiger partial charge in [-0.15, -0.1) is 11.8 Å². The summed E-state index contributed by atoms with van der Waals surface area (Å²) in [6, 6.07) is 5.81. The van der Waals surface area contributed by atoms with Gasteiger partial charge in [-0.25, -0.2) is 0 Å². The number of thioether (sulfide) groups is 1. The lowest BCUT2D eigenvalue weighted by Crippen LogP contribution is -2.43. The molecule has 0 aromatic heterocycles. The highest BCUT2D eigenvalue weighted by Gasteiger charge is 2.45. The highest BCUT2D eigenvalue weighted by atomic mass is 32.2. The second-order valence-corrected chi connectivity index (χ2v) is 5.76. The Bertz CT molecular complexity index is 468. The van der Waals surface area contributed by atoms with Gasteiger partial charge in [0, 0.05) is 10.6 Å². The number of hydrogen-bond acceptors (Lipinski definition) is 3. The zero-order valence-electron chi connectivity index (χ0n) is 9.79. The van der Waals surface area contributed by atoms with E-state index in [9.17, 15) is 4.79 Å². The molecular formula is C13H15NO2S. The fourth-order valence-electron chi connectivity index (χ4n) is 2.36. The van der Waals surface area contributed by atoms with Crippen LogP contribution in [-0.2, 0) is 4.79 Å². The van der Waals surface area contributed by atoms with E-state index >= 15 is 0 Å². The van der Waals surface area contributed by atoms with Crippen molar-refractivity contribution >= 4 is 23.4 Å². The van der Waals surface area contributed by atoms with Gasteiger partial charge in [-0.1, -0.05) is 6.42 Å². The number of anilines is 1. The van der Waals surface area contributed by atoms with Crippen molar-refractivity contribution in [1.29, 1.82) is 0 Å². The summed E-state index contributed by atoms with van der Waals surface area (Å²) in [6.07, 6.45) is 3.22.